The van der Waals surface area contributed by atoms with E-state index in [1.807, 2.05) is 13.8 Å². The molecule has 23 heavy (non-hydrogen) atoms. The molecule has 7 heteroatoms. The lowest BCUT2D eigenvalue weighted by Gasteiger charge is -2.33. The molecule has 1 fully saturated rings. The second-order valence-corrected chi connectivity index (χ2v) is 6.41. The van der Waals surface area contributed by atoms with Crippen LogP contribution >= 0.6 is 0 Å². The summed E-state index contributed by atoms with van der Waals surface area (Å²) < 4.78 is 0. The summed E-state index contributed by atoms with van der Waals surface area (Å²) >= 11 is 0. The Morgan fingerprint density at radius 2 is 1.96 bits per heavy atom. The first-order valence-corrected chi connectivity index (χ1v) is 7.97. The predicted octanol–water partition coefficient (Wildman–Crippen LogP) is 1.93. The Bertz CT molecular complexity index is 565. The van der Waals surface area contributed by atoms with Crippen molar-refractivity contribution in [3.8, 4) is 0 Å². The third kappa shape index (κ3) is 4.18. The fourth-order valence-corrected chi connectivity index (χ4v) is 2.70. The van der Waals surface area contributed by atoms with E-state index < -0.39 is 0 Å². The van der Waals surface area contributed by atoms with E-state index in [-0.39, 0.29) is 23.8 Å². The van der Waals surface area contributed by atoms with Crippen molar-refractivity contribution in [2.75, 3.05) is 32.5 Å². The Hall–Kier alpha value is -2.18. The van der Waals surface area contributed by atoms with Crippen molar-refractivity contribution in [2.24, 2.45) is 5.92 Å². The van der Waals surface area contributed by atoms with E-state index in [2.05, 4.69) is 15.3 Å². The molecular formula is C16H25N5O2. The first-order chi connectivity index (χ1) is 10.9. The van der Waals surface area contributed by atoms with Crippen LogP contribution in [0.1, 0.15) is 38.2 Å². The zero-order chi connectivity index (χ0) is 17.0. The number of piperidine rings is 1. The minimum Gasteiger partial charge on any atom is -0.331 e. The van der Waals surface area contributed by atoms with Crippen LogP contribution < -0.4 is 5.32 Å². The molecule has 2 heterocycles. The van der Waals surface area contributed by atoms with Crippen molar-refractivity contribution >= 4 is 17.8 Å². The number of hydrogen-bond donors (Lipinski definition) is 1. The average Bonchev–Trinajstić information content (AvgIpc) is 2.54. The smallest absolute Gasteiger partial charge is 0.319 e. The maximum Gasteiger partial charge on any atom is 0.319 e. The van der Waals surface area contributed by atoms with E-state index in [0.29, 0.717) is 31.7 Å². The number of amides is 3. The monoisotopic (exact) mass is 319 g/mol. The normalized spacial score (nSPS) is 15.6. The average molecular weight is 319 g/mol. The molecule has 1 aromatic rings. The van der Waals surface area contributed by atoms with Gasteiger partial charge in [-0.1, -0.05) is 13.8 Å². The van der Waals surface area contributed by atoms with Crippen molar-refractivity contribution in [1.82, 2.24) is 19.8 Å². The molecule has 1 saturated heterocycles. The number of carbonyl (C=O) groups is 2. The Kier molecular flexibility index (Phi) is 5.52. The van der Waals surface area contributed by atoms with Gasteiger partial charge < -0.3 is 15.1 Å². The van der Waals surface area contributed by atoms with Gasteiger partial charge in [0.15, 0.2) is 0 Å². The molecule has 1 aromatic heterocycles. The van der Waals surface area contributed by atoms with Crippen LogP contribution in [0.15, 0.2) is 12.5 Å². The lowest BCUT2D eigenvalue weighted by molar-refractivity contribution is -0.121. The molecule has 0 aromatic carbocycles. The summed E-state index contributed by atoms with van der Waals surface area (Å²) in [6.45, 7) is 5.30. The first kappa shape index (κ1) is 17.2. The summed E-state index contributed by atoms with van der Waals surface area (Å²) in [5.41, 5.74) is 0.932. The number of aromatic nitrogens is 2. The van der Waals surface area contributed by atoms with Crippen LogP contribution in [0.3, 0.4) is 0 Å². The summed E-state index contributed by atoms with van der Waals surface area (Å²) in [4.78, 5) is 35.9. The summed E-state index contributed by atoms with van der Waals surface area (Å²) in [7, 11) is 3.48. The van der Waals surface area contributed by atoms with Crippen molar-refractivity contribution in [1.29, 1.82) is 0 Å². The van der Waals surface area contributed by atoms with Gasteiger partial charge in [0.2, 0.25) is 5.91 Å². The van der Waals surface area contributed by atoms with Gasteiger partial charge in [0, 0.05) is 44.9 Å². The summed E-state index contributed by atoms with van der Waals surface area (Å²) in [5, 5.41) is 2.92. The van der Waals surface area contributed by atoms with Crippen molar-refractivity contribution < 1.29 is 9.59 Å². The number of likely N-dealkylation sites (tertiary alicyclic amines) is 1. The molecule has 1 N–H and O–H groups in total. The maximum atomic E-state index is 12.5. The SMILES string of the molecule is CC(C)c1cncnc1NC(=O)C1CCN(C(=O)N(C)C)CC1. The number of carbonyl (C=O) groups excluding carboxylic acids is 2. The molecule has 1 aliphatic rings. The lowest BCUT2D eigenvalue weighted by Crippen LogP contribution is -2.45. The van der Waals surface area contributed by atoms with Gasteiger partial charge in [0.1, 0.15) is 12.1 Å². The number of nitrogens with zero attached hydrogens (tertiary/aromatic N) is 4. The van der Waals surface area contributed by atoms with Crippen LogP contribution in [0.4, 0.5) is 10.6 Å². The molecule has 0 atom stereocenters. The van der Waals surface area contributed by atoms with E-state index in [1.165, 1.54) is 6.33 Å². The Morgan fingerprint density at radius 3 is 2.52 bits per heavy atom. The van der Waals surface area contributed by atoms with E-state index in [1.54, 1.807) is 30.1 Å². The van der Waals surface area contributed by atoms with Crippen LogP contribution in [0.25, 0.3) is 0 Å². The third-order valence-electron chi connectivity index (χ3n) is 4.12. The minimum atomic E-state index is -0.0869. The quantitative estimate of drug-likeness (QED) is 0.923. The van der Waals surface area contributed by atoms with E-state index in [4.69, 9.17) is 0 Å². The largest absolute Gasteiger partial charge is 0.331 e. The van der Waals surface area contributed by atoms with Gasteiger partial charge in [-0.2, -0.15) is 0 Å². The Balaban J connectivity index is 1.95. The van der Waals surface area contributed by atoms with Gasteiger partial charge in [-0.15, -0.1) is 0 Å². The molecular weight excluding hydrogens is 294 g/mol. The van der Waals surface area contributed by atoms with Crippen LogP contribution in [0, 0.1) is 5.92 Å². The molecule has 7 nitrogen and oxygen atoms in total. The van der Waals surface area contributed by atoms with Crippen LogP contribution in [-0.4, -0.2) is 58.9 Å². The van der Waals surface area contributed by atoms with Crippen LogP contribution in [-0.2, 0) is 4.79 Å². The molecule has 0 aliphatic carbocycles. The van der Waals surface area contributed by atoms with Gasteiger partial charge in [0.05, 0.1) is 0 Å². The molecule has 0 radical (unpaired) electrons. The Labute approximate surface area is 137 Å². The van der Waals surface area contributed by atoms with Crippen LogP contribution in [0.2, 0.25) is 0 Å². The Morgan fingerprint density at radius 1 is 1.30 bits per heavy atom. The highest BCUT2D eigenvalue weighted by Crippen LogP contribution is 2.23. The maximum absolute atomic E-state index is 12.5. The highest BCUT2D eigenvalue weighted by molar-refractivity contribution is 5.92. The number of anilines is 1. The second-order valence-electron chi connectivity index (χ2n) is 6.41. The van der Waals surface area contributed by atoms with Crippen molar-refractivity contribution in [2.45, 2.75) is 32.6 Å². The first-order valence-electron chi connectivity index (χ1n) is 7.97. The van der Waals surface area contributed by atoms with Gasteiger partial charge in [-0.05, 0) is 18.8 Å². The molecule has 126 valence electrons. The molecule has 0 bridgehead atoms. The summed E-state index contributed by atoms with van der Waals surface area (Å²) in [6.07, 6.45) is 4.53. The standard InChI is InChI=1S/C16H25N5O2/c1-11(2)13-9-17-10-18-14(13)19-15(22)12-5-7-21(8-6-12)16(23)20(3)4/h9-12H,5-8H2,1-4H3,(H,17,18,19,22). The van der Waals surface area contributed by atoms with E-state index in [9.17, 15) is 9.59 Å². The van der Waals surface area contributed by atoms with Gasteiger partial charge in [-0.3, -0.25) is 4.79 Å². The molecule has 0 unspecified atom stereocenters. The topological polar surface area (TPSA) is 78.4 Å². The highest BCUT2D eigenvalue weighted by Gasteiger charge is 2.28. The molecule has 1 aliphatic heterocycles. The zero-order valence-corrected chi connectivity index (χ0v) is 14.2. The number of urea groups is 1. The fourth-order valence-electron chi connectivity index (χ4n) is 2.70. The van der Waals surface area contributed by atoms with Crippen molar-refractivity contribution in [3.05, 3.63) is 18.1 Å². The zero-order valence-electron chi connectivity index (χ0n) is 14.2. The second kappa shape index (κ2) is 7.39. The van der Waals surface area contributed by atoms with Gasteiger partial charge in [-0.25, -0.2) is 14.8 Å². The molecule has 0 saturated carbocycles. The third-order valence-corrected chi connectivity index (χ3v) is 4.12. The summed E-state index contributed by atoms with van der Waals surface area (Å²) in [6, 6.07) is 0.00162. The number of rotatable bonds is 3. The minimum absolute atomic E-state index is 0.00162. The predicted molar refractivity (Wildman–Crippen MR) is 88.1 cm³/mol. The van der Waals surface area contributed by atoms with Crippen LogP contribution in [0.5, 0.6) is 0 Å². The summed E-state index contributed by atoms with van der Waals surface area (Å²) in [5.74, 6) is 0.719. The van der Waals surface area contributed by atoms with E-state index in [0.717, 1.165) is 5.56 Å². The van der Waals surface area contributed by atoms with Gasteiger partial charge in [0.25, 0.3) is 0 Å². The lowest BCUT2D eigenvalue weighted by atomic mass is 9.96. The van der Waals surface area contributed by atoms with Gasteiger partial charge >= 0.3 is 6.03 Å². The highest BCUT2D eigenvalue weighted by atomic mass is 16.2. The van der Waals surface area contributed by atoms with Crippen molar-refractivity contribution in [3.63, 3.8) is 0 Å². The van der Waals surface area contributed by atoms with E-state index >= 15 is 0 Å². The number of nitrogens with one attached hydrogen (secondary N) is 1. The molecule has 3 amide bonds. The fraction of sp³-hybridized carbons (Fsp3) is 0.625. The molecule has 2 rings (SSSR count). The number of hydrogen-bond acceptors (Lipinski definition) is 4. The molecule has 0 spiro atoms.